The van der Waals surface area contributed by atoms with E-state index in [-0.39, 0.29) is 12.0 Å². The molecule has 1 amide bonds. The van der Waals surface area contributed by atoms with Crippen molar-refractivity contribution < 1.29 is 19.0 Å². The van der Waals surface area contributed by atoms with Gasteiger partial charge in [0.05, 0.1) is 7.11 Å². The van der Waals surface area contributed by atoms with E-state index in [2.05, 4.69) is 5.32 Å². The average Bonchev–Trinajstić information content (AvgIpc) is 2.63. The van der Waals surface area contributed by atoms with Gasteiger partial charge in [0.25, 0.3) is 5.91 Å². The summed E-state index contributed by atoms with van der Waals surface area (Å²) in [5.41, 5.74) is 0.888. The van der Waals surface area contributed by atoms with Crippen LogP contribution in [0.1, 0.15) is 18.6 Å². The van der Waals surface area contributed by atoms with Crippen LogP contribution in [0.4, 0.5) is 0 Å². The normalized spacial score (nSPS) is 13.0. The van der Waals surface area contributed by atoms with Crippen molar-refractivity contribution in [3.05, 3.63) is 60.2 Å². The van der Waals surface area contributed by atoms with E-state index in [1.54, 1.807) is 21.1 Å². The zero-order chi connectivity index (χ0) is 17.4. The fraction of sp³-hybridized carbons (Fsp3) is 0.316. The van der Waals surface area contributed by atoms with Crippen LogP contribution in [0.3, 0.4) is 0 Å². The fourth-order valence-electron chi connectivity index (χ4n) is 2.35. The molecule has 0 saturated carbocycles. The summed E-state index contributed by atoms with van der Waals surface area (Å²) < 4.78 is 16.5. The van der Waals surface area contributed by atoms with Gasteiger partial charge in [0.2, 0.25) is 0 Å². The van der Waals surface area contributed by atoms with Crippen LogP contribution in [0.2, 0.25) is 0 Å². The standard InChI is InChI=1S/C19H23NO4/c1-14(24-15-9-5-4-6-10-15)19(21)20-13-18(23-3)16-11-7-8-12-17(16)22-2/h4-12,14,18H,13H2,1-3H3,(H,20,21)/t14-,18+/m0/s1. The van der Waals surface area contributed by atoms with E-state index < -0.39 is 6.10 Å². The summed E-state index contributed by atoms with van der Waals surface area (Å²) >= 11 is 0. The molecule has 24 heavy (non-hydrogen) atoms. The topological polar surface area (TPSA) is 56.8 Å². The minimum Gasteiger partial charge on any atom is -0.496 e. The second-order valence-corrected chi connectivity index (χ2v) is 5.28. The first-order chi connectivity index (χ1) is 11.7. The zero-order valence-corrected chi connectivity index (χ0v) is 14.2. The third-order valence-corrected chi connectivity index (χ3v) is 3.66. The quantitative estimate of drug-likeness (QED) is 0.809. The van der Waals surface area contributed by atoms with Crippen molar-refractivity contribution in [1.29, 1.82) is 0 Å². The smallest absolute Gasteiger partial charge is 0.260 e. The van der Waals surface area contributed by atoms with Crippen LogP contribution in [0, 0.1) is 0 Å². The highest BCUT2D eigenvalue weighted by molar-refractivity contribution is 5.80. The van der Waals surface area contributed by atoms with E-state index in [9.17, 15) is 4.79 Å². The largest absolute Gasteiger partial charge is 0.496 e. The maximum Gasteiger partial charge on any atom is 0.260 e. The molecular formula is C19H23NO4. The van der Waals surface area contributed by atoms with Crippen LogP contribution in [-0.2, 0) is 9.53 Å². The van der Waals surface area contributed by atoms with Gasteiger partial charge in [-0.05, 0) is 25.1 Å². The van der Waals surface area contributed by atoms with Gasteiger partial charge < -0.3 is 19.5 Å². The molecule has 5 nitrogen and oxygen atoms in total. The average molecular weight is 329 g/mol. The van der Waals surface area contributed by atoms with Crippen LogP contribution >= 0.6 is 0 Å². The molecule has 0 heterocycles. The molecule has 0 aromatic heterocycles. The van der Waals surface area contributed by atoms with Crippen molar-refractivity contribution in [3.63, 3.8) is 0 Å². The van der Waals surface area contributed by atoms with Gasteiger partial charge in [0.1, 0.15) is 17.6 Å². The Labute approximate surface area is 142 Å². The summed E-state index contributed by atoms with van der Waals surface area (Å²) in [6, 6.07) is 16.8. The van der Waals surface area contributed by atoms with Gasteiger partial charge in [-0.1, -0.05) is 36.4 Å². The lowest BCUT2D eigenvalue weighted by atomic mass is 10.1. The molecule has 2 atom stereocenters. The lowest BCUT2D eigenvalue weighted by Gasteiger charge is -2.20. The number of ether oxygens (including phenoxy) is 3. The molecule has 5 heteroatoms. The molecule has 0 aliphatic heterocycles. The van der Waals surface area contributed by atoms with Gasteiger partial charge in [-0.2, -0.15) is 0 Å². The number of amides is 1. The van der Waals surface area contributed by atoms with E-state index in [0.29, 0.717) is 12.3 Å². The van der Waals surface area contributed by atoms with Crippen LogP contribution in [0.15, 0.2) is 54.6 Å². The number of benzene rings is 2. The molecule has 0 unspecified atom stereocenters. The fourth-order valence-corrected chi connectivity index (χ4v) is 2.35. The number of nitrogens with one attached hydrogen (secondary N) is 1. The van der Waals surface area contributed by atoms with E-state index >= 15 is 0 Å². The van der Waals surface area contributed by atoms with Gasteiger partial charge in [-0.25, -0.2) is 0 Å². The van der Waals surface area contributed by atoms with E-state index in [1.165, 1.54) is 0 Å². The van der Waals surface area contributed by atoms with Crippen LogP contribution in [0.25, 0.3) is 0 Å². The molecule has 2 aromatic rings. The third kappa shape index (κ3) is 4.73. The Bertz CT molecular complexity index is 645. The molecule has 128 valence electrons. The van der Waals surface area contributed by atoms with Crippen molar-refractivity contribution in [2.45, 2.75) is 19.1 Å². The number of hydrogen-bond donors (Lipinski definition) is 1. The second kappa shape index (κ2) is 8.93. The number of para-hydroxylation sites is 2. The number of methoxy groups -OCH3 is 2. The number of carbonyl (C=O) groups is 1. The lowest BCUT2D eigenvalue weighted by Crippen LogP contribution is -2.38. The molecule has 1 N–H and O–H groups in total. The number of hydrogen-bond acceptors (Lipinski definition) is 4. The SMILES string of the molecule is COc1ccccc1[C@@H](CNC(=O)[C@H](C)Oc1ccccc1)OC. The Kier molecular flexibility index (Phi) is 6.63. The predicted molar refractivity (Wildman–Crippen MR) is 92.3 cm³/mol. The van der Waals surface area contributed by atoms with Crippen molar-refractivity contribution in [3.8, 4) is 11.5 Å². The van der Waals surface area contributed by atoms with E-state index in [1.807, 2.05) is 54.6 Å². The summed E-state index contributed by atoms with van der Waals surface area (Å²) in [6.45, 7) is 2.05. The molecule has 0 spiro atoms. The molecule has 2 aromatic carbocycles. The molecule has 0 radical (unpaired) electrons. The summed E-state index contributed by atoms with van der Waals surface area (Å²) in [4.78, 5) is 12.2. The van der Waals surface area contributed by atoms with Gasteiger partial charge in [0.15, 0.2) is 6.10 Å². The molecule has 0 fully saturated rings. The van der Waals surface area contributed by atoms with Gasteiger partial charge in [-0.3, -0.25) is 4.79 Å². The Morgan fingerprint density at radius 3 is 2.38 bits per heavy atom. The Morgan fingerprint density at radius 1 is 1.04 bits per heavy atom. The maximum atomic E-state index is 12.2. The molecule has 0 aliphatic carbocycles. The van der Waals surface area contributed by atoms with Gasteiger partial charge in [0, 0.05) is 19.2 Å². The molecule has 0 aliphatic rings. The highest BCUT2D eigenvalue weighted by atomic mass is 16.5. The number of carbonyl (C=O) groups excluding carboxylic acids is 1. The molecule has 0 saturated heterocycles. The molecular weight excluding hydrogens is 306 g/mol. The molecule has 2 rings (SSSR count). The third-order valence-electron chi connectivity index (χ3n) is 3.66. The first-order valence-corrected chi connectivity index (χ1v) is 7.80. The summed E-state index contributed by atoms with van der Waals surface area (Å²) in [5.74, 6) is 1.19. The van der Waals surface area contributed by atoms with Crippen LogP contribution < -0.4 is 14.8 Å². The minimum absolute atomic E-state index is 0.198. The highest BCUT2D eigenvalue weighted by Crippen LogP contribution is 2.26. The maximum absolute atomic E-state index is 12.2. The van der Waals surface area contributed by atoms with Crippen LogP contribution in [-0.4, -0.2) is 32.8 Å². The highest BCUT2D eigenvalue weighted by Gasteiger charge is 2.19. The molecule has 0 bridgehead atoms. The predicted octanol–water partition coefficient (Wildman–Crippen LogP) is 2.97. The summed E-state index contributed by atoms with van der Waals surface area (Å²) in [5, 5.41) is 2.86. The number of rotatable bonds is 8. The van der Waals surface area contributed by atoms with Crippen molar-refractivity contribution in [1.82, 2.24) is 5.32 Å². The lowest BCUT2D eigenvalue weighted by molar-refractivity contribution is -0.127. The van der Waals surface area contributed by atoms with E-state index in [4.69, 9.17) is 14.2 Å². The van der Waals surface area contributed by atoms with Crippen LogP contribution in [0.5, 0.6) is 11.5 Å². The minimum atomic E-state index is -0.595. The monoisotopic (exact) mass is 329 g/mol. The Balaban J connectivity index is 1.93. The Hall–Kier alpha value is -2.53. The van der Waals surface area contributed by atoms with Crippen molar-refractivity contribution in [2.24, 2.45) is 0 Å². The Morgan fingerprint density at radius 2 is 1.71 bits per heavy atom. The second-order valence-electron chi connectivity index (χ2n) is 5.28. The first-order valence-electron chi connectivity index (χ1n) is 7.80. The zero-order valence-electron chi connectivity index (χ0n) is 14.2. The van der Waals surface area contributed by atoms with Crippen molar-refractivity contribution in [2.75, 3.05) is 20.8 Å². The van der Waals surface area contributed by atoms with Gasteiger partial charge >= 0.3 is 0 Å². The first kappa shape index (κ1) is 17.8. The summed E-state index contributed by atoms with van der Waals surface area (Å²) in [6.07, 6.45) is -0.892. The summed E-state index contributed by atoms with van der Waals surface area (Å²) in [7, 11) is 3.22. The van der Waals surface area contributed by atoms with Crippen molar-refractivity contribution >= 4 is 5.91 Å². The van der Waals surface area contributed by atoms with Gasteiger partial charge in [-0.15, -0.1) is 0 Å². The van der Waals surface area contributed by atoms with E-state index in [0.717, 1.165) is 11.3 Å².